The Morgan fingerprint density at radius 3 is 2.33 bits per heavy atom. The van der Waals surface area contributed by atoms with Gasteiger partial charge in [-0.3, -0.25) is 24.8 Å². The lowest BCUT2D eigenvalue weighted by atomic mass is 9.75. The number of ether oxygens (including phenoxy) is 3. The second kappa shape index (κ2) is 14.9. The Morgan fingerprint density at radius 2 is 1.67 bits per heavy atom. The van der Waals surface area contributed by atoms with Gasteiger partial charge >= 0.3 is 11.9 Å². The number of piperazine rings is 1. The average Bonchev–Trinajstić information content (AvgIpc) is 3.01. The van der Waals surface area contributed by atoms with Crippen LogP contribution in [0.4, 0.5) is 5.69 Å². The number of nitrogens with zero attached hydrogens (tertiary/aromatic N) is 4. The van der Waals surface area contributed by atoms with Crippen molar-refractivity contribution < 1.29 is 28.7 Å². The standard InChI is InChI=1S/C32H40N4O7/c1-22-28(31(37)41-3)30(29(23(2)33-22)32(38)42-4)26-20-25(36(39)40)12-13-27(26)43-19-9-8-14-34-15-17-35(18-16-34)21-24-10-6-5-7-11-24/h5-7,10-13,20,28,30H,8-9,14-19,21H2,1-4H3. The summed E-state index contributed by atoms with van der Waals surface area (Å²) < 4.78 is 16.3. The fourth-order valence-corrected chi connectivity index (χ4v) is 5.84. The number of rotatable bonds is 12. The van der Waals surface area contributed by atoms with E-state index in [0.29, 0.717) is 29.3 Å². The van der Waals surface area contributed by atoms with Gasteiger partial charge in [0.05, 0.1) is 31.3 Å². The first-order chi connectivity index (χ1) is 20.7. The van der Waals surface area contributed by atoms with Crippen molar-refractivity contribution in [1.82, 2.24) is 9.80 Å². The molecule has 0 saturated carbocycles. The van der Waals surface area contributed by atoms with Crippen molar-refractivity contribution >= 4 is 23.3 Å². The number of unbranched alkanes of at least 4 members (excludes halogenated alkanes) is 1. The number of methoxy groups -OCH3 is 2. The summed E-state index contributed by atoms with van der Waals surface area (Å²) in [6, 6.07) is 14.8. The highest BCUT2D eigenvalue weighted by Crippen LogP contribution is 2.44. The molecular weight excluding hydrogens is 552 g/mol. The lowest BCUT2D eigenvalue weighted by molar-refractivity contribution is -0.385. The Kier molecular flexibility index (Phi) is 11.0. The Morgan fingerprint density at radius 1 is 0.977 bits per heavy atom. The predicted octanol–water partition coefficient (Wildman–Crippen LogP) is 4.37. The summed E-state index contributed by atoms with van der Waals surface area (Å²) in [4.78, 5) is 46.4. The van der Waals surface area contributed by atoms with E-state index in [2.05, 4.69) is 39.1 Å². The van der Waals surface area contributed by atoms with Crippen LogP contribution in [-0.4, -0.2) is 85.9 Å². The second-order valence-electron chi connectivity index (χ2n) is 10.9. The molecule has 0 N–H and O–H groups in total. The summed E-state index contributed by atoms with van der Waals surface area (Å²) in [7, 11) is 2.50. The van der Waals surface area contributed by atoms with E-state index in [1.165, 1.54) is 38.0 Å². The van der Waals surface area contributed by atoms with Crippen LogP contribution in [0.5, 0.6) is 5.75 Å². The molecule has 2 aliphatic heterocycles. The third-order valence-corrected chi connectivity index (χ3v) is 8.07. The number of benzene rings is 2. The second-order valence-corrected chi connectivity index (χ2v) is 10.9. The van der Waals surface area contributed by atoms with Crippen LogP contribution in [0.1, 0.15) is 43.7 Å². The molecule has 2 aliphatic rings. The molecule has 2 aromatic rings. The van der Waals surface area contributed by atoms with Crippen molar-refractivity contribution in [2.75, 3.05) is 53.6 Å². The minimum atomic E-state index is -0.979. The maximum absolute atomic E-state index is 13.0. The number of esters is 2. The molecule has 2 unspecified atom stereocenters. The number of non-ortho nitro benzene ring substituents is 1. The number of nitro benzene ring substituents is 1. The van der Waals surface area contributed by atoms with Gasteiger partial charge in [0.1, 0.15) is 11.7 Å². The van der Waals surface area contributed by atoms with Gasteiger partial charge in [-0.05, 0) is 44.9 Å². The van der Waals surface area contributed by atoms with E-state index in [4.69, 9.17) is 14.2 Å². The normalized spacial score (nSPS) is 19.5. The topological polar surface area (TPSA) is 124 Å². The Labute approximate surface area is 252 Å². The molecule has 0 spiro atoms. The fraction of sp³-hybridized carbons (Fsp3) is 0.469. The van der Waals surface area contributed by atoms with Crippen LogP contribution in [0, 0.1) is 16.0 Å². The summed E-state index contributed by atoms with van der Waals surface area (Å²) in [5.41, 5.74) is 2.43. The summed E-state index contributed by atoms with van der Waals surface area (Å²) in [6.07, 6.45) is 1.69. The van der Waals surface area contributed by atoms with Crippen LogP contribution in [-0.2, 0) is 25.6 Å². The molecule has 230 valence electrons. The van der Waals surface area contributed by atoms with Gasteiger partial charge in [-0.25, -0.2) is 4.79 Å². The summed E-state index contributed by atoms with van der Waals surface area (Å²) in [5, 5.41) is 11.7. The molecule has 43 heavy (non-hydrogen) atoms. The monoisotopic (exact) mass is 592 g/mol. The Hall–Kier alpha value is -4.09. The Bertz CT molecular complexity index is 1370. The van der Waals surface area contributed by atoms with Gasteiger partial charge < -0.3 is 19.1 Å². The number of hydrogen-bond donors (Lipinski definition) is 0. The van der Waals surface area contributed by atoms with Crippen LogP contribution < -0.4 is 4.74 Å². The minimum Gasteiger partial charge on any atom is -0.493 e. The van der Waals surface area contributed by atoms with Crippen LogP contribution in [0.3, 0.4) is 0 Å². The largest absolute Gasteiger partial charge is 0.493 e. The van der Waals surface area contributed by atoms with E-state index in [-0.39, 0.29) is 11.3 Å². The highest BCUT2D eigenvalue weighted by Gasteiger charge is 2.44. The van der Waals surface area contributed by atoms with E-state index in [1.807, 2.05) is 6.07 Å². The zero-order chi connectivity index (χ0) is 30.9. The van der Waals surface area contributed by atoms with Crippen molar-refractivity contribution in [2.24, 2.45) is 10.9 Å². The van der Waals surface area contributed by atoms with E-state index in [9.17, 15) is 19.7 Å². The first kappa shape index (κ1) is 31.8. The summed E-state index contributed by atoms with van der Waals surface area (Å²) in [6.45, 7) is 9.69. The SMILES string of the molecule is COC(=O)C1=C(C)N=C(C)C(C(=O)OC)C1c1cc([N+](=O)[O-])ccc1OCCCCN1CCN(Cc2ccccc2)CC1. The molecule has 11 nitrogen and oxygen atoms in total. The maximum atomic E-state index is 13.0. The van der Waals surface area contributed by atoms with Gasteiger partial charge in [0.2, 0.25) is 0 Å². The van der Waals surface area contributed by atoms with E-state index in [1.54, 1.807) is 13.8 Å². The number of carbonyl (C=O) groups excluding carboxylic acids is 2. The maximum Gasteiger partial charge on any atom is 0.336 e. The van der Waals surface area contributed by atoms with E-state index in [0.717, 1.165) is 52.1 Å². The number of allylic oxidation sites excluding steroid dienone is 1. The van der Waals surface area contributed by atoms with Crippen LogP contribution in [0.25, 0.3) is 0 Å². The minimum absolute atomic E-state index is 0.139. The average molecular weight is 593 g/mol. The first-order valence-electron chi connectivity index (χ1n) is 14.5. The Balaban J connectivity index is 1.43. The molecule has 0 radical (unpaired) electrons. The number of aliphatic imine (C=N–C) groups is 1. The van der Waals surface area contributed by atoms with Crippen LogP contribution in [0.15, 0.2) is 64.8 Å². The third-order valence-electron chi connectivity index (χ3n) is 8.07. The van der Waals surface area contributed by atoms with Crippen molar-refractivity contribution in [3.63, 3.8) is 0 Å². The molecule has 0 aromatic heterocycles. The molecule has 2 atom stereocenters. The van der Waals surface area contributed by atoms with E-state index < -0.39 is 28.7 Å². The van der Waals surface area contributed by atoms with Gasteiger partial charge in [0.15, 0.2) is 0 Å². The smallest absolute Gasteiger partial charge is 0.336 e. The summed E-state index contributed by atoms with van der Waals surface area (Å²) >= 11 is 0. The highest BCUT2D eigenvalue weighted by molar-refractivity contribution is 6.07. The molecule has 0 bridgehead atoms. The van der Waals surface area contributed by atoms with Crippen LogP contribution in [0.2, 0.25) is 0 Å². The van der Waals surface area contributed by atoms with Crippen molar-refractivity contribution in [3.05, 3.63) is 81.0 Å². The summed E-state index contributed by atoms with van der Waals surface area (Å²) in [5.74, 6) is -2.83. The number of carbonyl (C=O) groups is 2. The first-order valence-corrected chi connectivity index (χ1v) is 14.5. The van der Waals surface area contributed by atoms with Crippen molar-refractivity contribution in [3.8, 4) is 5.75 Å². The highest BCUT2D eigenvalue weighted by atomic mass is 16.6. The van der Waals surface area contributed by atoms with Gasteiger partial charge in [-0.2, -0.15) is 0 Å². The molecule has 1 fully saturated rings. The number of hydrogen-bond acceptors (Lipinski definition) is 10. The van der Waals surface area contributed by atoms with Gasteiger partial charge in [0.25, 0.3) is 5.69 Å². The molecule has 11 heteroatoms. The molecule has 0 aliphatic carbocycles. The molecule has 0 amide bonds. The lowest BCUT2D eigenvalue weighted by Crippen LogP contribution is -2.46. The zero-order valence-corrected chi connectivity index (χ0v) is 25.3. The third kappa shape index (κ3) is 7.85. The molecule has 2 heterocycles. The fourth-order valence-electron chi connectivity index (χ4n) is 5.84. The van der Waals surface area contributed by atoms with Crippen molar-refractivity contribution in [2.45, 2.75) is 39.2 Å². The van der Waals surface area contributed by atoms with Gasteiger partial charge in [0, 0.05) is 67.7 Å². The molecule has 1 saturated heterocycles. The van der Waals surface area contributed by atoms with Gasteiger partial charge in [-0.1, -0.05) is 30.3 Å². The zero-order valence-electron chi connectivity index (χ0n) is 25.3. The quantitative estimate of drug-likeness (QED) is 0.153. The molecular formula is C32H40N4O7. The predicted molar refractivity (Wildman–Crippen MR) is 162 cm³/mol. The van der Waals surface area contributed by atoms with Crippen molar-refractivity contribution in [1.29, 1.82) is 0 Å². The van der Waals surface area contributed by atoms with Crippen LogP contribution >= 0.6 is 0 Å². The number of nitro groups is 1. The molecule has 4 rings (SSSR count). The van der Waals surface area contributed by atoms with Gasteiger partial charge in [-0.15, -0.1) is 0 Å². The molecule has 2 aromatic carbocycles. The van der Waals surface area contributed by atoms with E-state index >= 15 is 0 Å². The lowest BCUT2D eigenvalue weighted by Gasteiger charge is -2.34.